The van der Waals surface area contributed by atoms with Gasteiger partial charge in [-0.1, -0.05) is 42.8 Å². The minimum atomic E-state index is -3.93. The molecule has 1 N–H and O–H groups in total. The molecule has 0 saturated heterocycles. The number of hydrogen-bond donors (Lipinski definition) is 1. The van der Waals surface area contributed by atoms with Gasteiger partial charge in [0.05, 0.1) is 6.54 Å². The van der Waals surface area contributed by atoms with Gasteiger partial charge >= 0.3 is 0 Å². The molecular weight excluding hydrogens is 422 g/mol. The number of benzene rings is 2. The topological polar surface area (TPSA) is 79.4 Å². The minimum Gasteiger partial charge on any atom is -0.325 e. The van der Waals surface area contributed by atoms with E-state index < -0.39 is 15.9 Å². The Bertz CT molecular complexity index is 1090. The van der Waals surface area contributed by atoms with Crippen LogP contribution in [0.4, 0.5) is 5.69 Å². The van der Waals surface area contributed by atoms with Gasteiger partial charge in [-0.25, -0.2) is 8.42 Å². The van der Waals surface area contributed by atoms with Crippen LogP contribution in [-0.2, 0) is 27.8 Å². The lowest BCUT2D eigenvalue weighted by atomic mass is 10.1. The molecule has 0 bridgehead atoms. The van der Waals surface area contributed by atoms with Crippen LogP contribution >= 0.6 is 11.6 Å². The second-order valence-electron chi connectivity index (χ2n) is 6.69. The van der Waals surface area contributed by atoms with Crippen LogP contribution in [0, 0.1) is 0 Å². The Balaban J connectivity index is 1.82. The van der Waals surface area contributed by atoms with E-state index in [1.54, 1.807) is 42.5 Å². The van der Waals surface area contributed by atoms with Crippen molar-refractivity contribution in [3.8, 4) is 0 Å². The van der Waals surface area contributed by atoms with Gasteiger partial charge < -0.3 is 5.32 Å². The molecule has 1 amide bonds. The summed E-state index contributed by atoms with van der Waals surface area (Å²) in [5, 5.41) is 3.31. The molecule has 156 valence electrons. The van der Waals surface area contributed by atoms with Gasteiger partial charge in [0.2, 0.25) is 15.9 Å². The summed E-state index contributed by atoms with van der Waals surface area (Å²) < 4.78 is 27.4. The van der Waals surface area contributed by atoms with Gasteiger partial charge in [-0.05, 0) is 53.9 Å². The van der Waals surface area contributed by atoms with Crippen molar-refractivity contribution in [1.29, 1.82) is 0 Å². The normalized spacial score (nSPS) is 11.4. The number of aromatic nitrogens is 1. The molecule has 0 fully saturated rings. The standard InChI is InChI=1S/C22H22ClN3O3S/c1-2-17-7-11-20(12-8-17)25-22(27)16-26(15-18-5-9-19(23)10-6-18)30(28,29)21-4-3-13-24-14-21/h3-14H,2,15-16H2,1H3,(H,25,27). The first-order chi connectivity index (χ1) is 14.4. The van der Waals surface area contributed by atoms with Crippen molar-refractivity contribution in [2.75, 3.05) is 11.9 Å². The molecule has 30 heavy (non-hydrogen) atoms. The molecule has 1 heterocycles. The van der Waals surface area contributed by atoms with E-state index >= 15 is 0 Å². The van der Waals surface area contributed by atoms with Gasteiger partial charge in [-0.2, -0.15) is 4.31 Å². The SMILES string of the molecule is CCc1ccc(NC(=O)CN(Cc2ccc(Cl)cc2)S(=O)(=O)c2cccnc2)cc1. The highest BCUT2D eigenvalue weighted by Gasteiger charge is 2.27. The van der Waals surface area contributed by atoms with Gasteiger partial charge in [-0.3, -0.25) is 9.78 Å². The fourth-order valence-corrected chi connectivity index (χ4v) is 4.33. The molecule has 0 spiro atoms. The van der Waals surface area contributed by atoms with Crippen molar-refractivity contribution >= 4 is 33.2 Å². The highest BCUT2D eigenvalue weighted by Crippen LogP contribution is 2.19. The molecule has 8 heteroatoms. The van der Waals surface area contributed by atoms with Crippen molar-refractivity contribution in [2.45, 2.75) is 24.8 Å². The van der Waals surface area contributed by atoms with E-state index in [0.29, 0.717) is 16.3 Å². The van der Waals surface area contributed by atoms with Gasteiger partial charge in [0.1, 0.15) is 4.90 Å². The minimum absolute atomic E-state index is 0.0244. The number of pyridine rings is 1. The molecule has 0 atom stereocenters. The number of nitrogens with zero attached hydrogens (tertiary/aromatic N) is 2. The monoisotopic (exact) mass is 443 g/mol. The van der Waals surface area contributed by atoms with Gasteiger partial charge in [0.25, 0.3) is 0 Å². The average Bonchev–Trinajstić information content (AvgIpc) is 2.76. The van der Waals surface area contributed by atoms with Crippen LogP contribution < -0.4 is 5.32 Å². The highest BCUT2D eigenvalue weighted by atomic mass is 35.5. The molecule has 1 aromatic heterocycles. The summed E-state index contributed by atoms with van der Waals surface area (Å²) in [6, 6.07) is 17.3. The Morgan fingerprint density at radius 2 is 1.70 bits per heavy atom. The van der Waals surface area contributed by atoms with E-state index in [0.717, 1.165) is 16.3 Å². The maximum atomic E-state index is 13.2. The summed E-state index contributed by atoms with van der Waals surface area (Å²) in [6.07, 6.45) is 3.66. The van der Waals surface area contributed by atoms with E-state index in [1.165, 1.54) is 18.5 Å². The fraction of sp³-hybridized carbons (Fsp3) is 0.182. The number of carbonyl (C=O) groups is 1. The summed E-state index contributed by atoms with van der Waals surface area (Å²) in [6.45, 7) is 1.73. The molecule has 3 aromatic rings. The van der Waals surface area contributed by atoms with E-state index in [9.17, 15) is 13.2 Å². The number of aryl methyl sites for hydroxylation is 1. The van der Waals surface area contributed by atoms with E-state index in [1.807, 2.05) is 19.1 Å². The molecule has 0 aliphatic heterocycles. The maximum absolute atomic E-state index is 13.2. The number of amides is 1. The molecular formula is C22H22ClN3O3S. The smallest absolute Gasteiger partial charge is 0.245 e. The predicted octanol–water partition coefficient (Wildman–Crippen LogP) is 4.13. The summed E-state index contributed by atoms with van der Waals surface area (Å²) in [7, 11) is -3.93. The van der Waals surface area contributed by atoms with Crippen LogP contribution in [0.2, 0.25) is 5.02 Å². The number of anilines is 1. The summed E-state index contributed by atoms with van der Waals surface area (Å²) in [4.78, 5) is 16.6. The lowest BCUT2D eigenvalue weighted by Gasteiger charge is -2.22. The molecule has 3 rings (SSSR count). The predicted molar refractivity (Wildman–Crippen MR) is 118 cm³/mol. The zero-order chi connectivity index (χ0) is 21.6. The zero-order valence-electron chi connectivity index (χ0n) is 16.5. The number of carbonyl (C=O) groups excluding carboxylic acids is 1. The van der Waals surface area contributed by atoms with Gasteiger partial charge in [-0.15, -0.1) is 0 Å². The first-order valence-corrected chi connectivity index (χ1v) is 11.2. The van der Waals surface area contributed by atoms with E-state index in [-0.39, 0.29) is 18.0 Å². The first kappa shape index (κ1) is 22.0. The highest BCUT2D eigenvalue weighted by molar-refractivity contribution is 7.89. The second-order valence-corrected chi connectivity index (χ2v) is 9.06. The molecule has 0 radical (unpaired) electrons. The number of sulfonamides is 1. The van der Waals surface area contributed by atoms with Crippen LogP contribution in [0.3, 0.4) is 0 Å². The van der Waals surface area contributed by atoms with Crippen LogP contribution in [0.15, 0.2) is 78.0 Å². The maximum Gasteiger partial charge on any atom is 0.245 e. The van der Waals surface area contributed by atoms with Crippen LogP contribution in [0.25, 0.3) is 0 Å². The summed E-state index contributed by atoms with van der Waals surface area (Å²) in [5.41, 5.74) is 2.48. The van der Waals surface area contributed by atoms with E-state index in [4.69, 9.17) is 11.6 Å². The molecule has 0 aliphatic rings. The Morgan fingerprint density at radius 1 is 1.03 bits per heavy atom. The lowest BCUT2D eigenvalue weighted by Crippen LogP contribution is -2.37. The van der Waals surface area contributed by atoms with Crippen molar-refractivity contribution < 1.29 is 13.2 Å². The number of rotatable bonds is 8. The largest absolute Gasteiger partial charge is 0.325 e. The molecule has 6 nitrogen and oxygen atoms in total. The van der Waals surface area contributed by atoms with Crippen LogP contribution in [0.1, 0.15) is 18.1 Å². The molecule has 2 aromatic carbocycles. The summed E-state index contributed by atoms with van der Waals surface area (Å²) in [5.74, 6) is -0.430. The Morgan fingerprint density at radius 3 is 2.30 bits per heavy atom. The Kier molecular flexibility index (Phi) is 7.20. The lowest BCUT2D eigenvalue weighted by molar-refractivity contribution is -0.116. The van der Waals surface area contributed by atoms with Crippen LogP contribution in [-0.4, -0.2) is 30.2 Å². The van der Waals surface area contributed by atoms with E-state index in [2.05, 4.69) is 10.3 Å². The zero-order valence-corrected chi connectivity index (χ0v) is 18.0. The number of halogens is 1. The van der Waals surface area contributed by atoms with Crippen molar-refractivity contribution in [3.05, 3.63) is 89.2 Å². The molecule has 0 aliphatic carbocycles. The molecule has 0 unspecified atom stereocenters. The number of hydrogen-bond acceptors (Lipinski definition) is 4. The van der Waals surface area contributed by atoms with Crippen molar-refractivity contribution in [2.24, 2.45) is 0 Å². The Labute approximate surface area is 181 Å². The second kappa shape index (κ2) is 9.84. The van der Waals surface area contributed by atoms with Crippen molar-refractivity contribution in [3.63, 3.8) is 0 Å². The van der Waals surface area contributed by atoms with Gasteiger partial charge in [0, 0.05) is 29.6 Å². The first-order valence-electron chi connectivity index (χ1n) is 9.42. The third kappa shape index (κ3) is 5.66. The number of nitrogens with one attached hydrogen (secondary N) is 1. The third-order valence-electron chi connectivity index (χ3n) is 4.51. The molecule has 0 saturated carbocycles. The van der Waals surface area contributed by atoms with Crippen LogP contribution in [0.5, 0.6) is 0 Å². The fourth-order valence-electron chi connectivity index (χ4n) is 2.85. The van der Waals surface area contributed by atoms with Gasteiger partial charge in [0.15, 0.2) is 0 Å². The average molecular weight is 444 g/mol. The quantitative estimate of drug-likeness (QED) is 0.567. The van der Waals surface area contributed by atoms with Crippen molar-refractivity contribution in [1.82, 2.24) is 9.29 Å². The summed E-state index contributed by atoms with van der Waals surface area (Å²) >= 11 is 5.93. The Hall–Kier alpha value is -2.74. The third-order valence-corrected chi connectivity index (χ3v) is 6.54.